The monoisotopic (exact) mass is 183 g/mol. The van der Waals surface area contributed by atoms with E-state index < -0.39 is 6.23 Å². The molecule has 0 aliphatic heterocycles. The Labute approximate surface area is 76.8 Å². The van der Waals surface area contributed by atoms with Crippen LogP contribution < -0.4 is 5.73 Å². The first-order chi connectivity index (χ1) is 5.79. The number of rotatable bonds is 4. The Morgan fingerprint density at radius 1 is 1.33 bits per heavy atom. The first kappa shape index (κ1) is 9.58. The van der Waals surface area contributed by atoms with Gasteiger partial charge in [0.25, 0.3) is 0 Å². The Bertz CT molecular complexity index is 213. The van der Waals surface area contributed by atoms with Crippen LogP contribution in [0.15, 0.2) is 35.2 Å². The molecule has 1 aromatic carbocycles. The summed E-state index contributed by atoms with van der Waals surface area (Å²) in [6.07, 6.45) is -0.0410. The lowest BCUT2D eigenvalue weighted by molar-refractivity contribution is 0.179. The van der Waals surface area contributed by atoms with Crippen LogP contribution in [0.2, 0.25) is 0 Å². The van der Waals surface area contributed by atoms with Gasteiger partial charge in [0.15, 0.2) is 0 Å². The van der Waals surface area contributed by atoms with E-state index in [9.17, 15) is 0 Å². The number of benzene rings is 1. The second kappa shape index (κ2) is 5.19. The van der Waals surface area contributed by atoms with Gasteiger partial charge >= 0.3 is 0 Å². The fourth-order valence-electron chi connectivity index (χ4n) is 0.814. The summed E-state index contributed by atoms with van der Waals surface area (Å²) < 4.78 is 0. The van der Waals surface area contributed by atoms with E-state index in [0.29, 0.717) is 6.42 Å². The van der Waals surface area contributed by atoms with Crippen molar-refractivity contribution in [3.8, 4) is 0 Å². The highest BCUT2D eigenvalue weighted by atomic mass is 32.2. The van der Waals surface area contributed by atoms with Crippen LogP contribution in [-0.4, -0.2) is 17.1 Å². The summed E-state index contributed by atoms with van der Waals surface area (Å²) in [5.74, 6) is 0.863. The second-order valence-electron chi connectivity index (χ2n) is 2.52. The SMILES string of the molecule is NC(O)CCSc1ccccc1. The zero-order valence-electron chi connectivity index (χ0n) is 6.81. The Hall–Kier alpha value is -0.510. The van der Waals surface area contributed by atoms with Crippen LogP contribution in [0, 0.1) is 0 Å². The van der Waals surface area contributed by atoms with Crippen LogP contribution in [0.1, 0.15) is 6.42 Å². The van der Waals surface area contributed by atoms with E-state index in [1.165, 1.54) is 4.90 Å². The van der Waals surface area contributed by atoms with Crippen molar-refractivity contribution in [3.63, 3.8) is 0 Å². The van der Waals surface area contributed by atoms with Gasteiger partial charge in [-0.25, -0.2) is 0 Å². The number of aliphatic hydroxyl groups excluding tert-OH is 1. The molecule has 0 spiro atoms. The van der Waals surface area contributed by atoms with Crippen molar-refractivity contribution in [3.05, 3.63) is 30.3 Å². The van der Waals surface area contributed by atoms with E-state index in [1.54, 1.807) is 11.8 Å². The molecule has 0 aromatic heterocycles. The molecule has 0 bridgehead atoms. The lowest BCUT2D eigenvalue weighted by Gasteiger charge is -2.03. The van der Waals surface area contributed by atoms with Gasteiger partial charge in [0, 0.05) is 10.6 Å². The molecule has 3 N–H and O–H groups in total. The summed E-state index contributed by atoms with van der Waals surface area (Å²) in [5, 5.41) is 8.79. The smallest absolute Gasteiger partial charge is 0.103 e. The van der Waals surface area contributed by atoms with Crippen molar-refractivity contribution in [2.24, 2.45) is 5.73 Å². The van der Waals surface area contributed by atoms with Gasteiger partial charge in [0.05, 0.1) is 0 Å². The van der Waals surface area contributed by atoms with Crippen molar-refractivity contribution < 1.29 is 5.11 Å². The first-order valence-electron chi connectivity index (χ1n) is 3.90. The Kier molecular flexibility index (Phi) is 4.14. The van der Waals surface area contributed by atoms with Gasteiger partial charge < -0.3 is 10.8 Å². The minimum atomic E-state index is -0.679. The lowest BCUT2D eigenvalue weighted by Crippen LogP contribution is -2.18. The predicted molar refractivity (Wildman–Crippen MR) is 52.0 cm³/mol. The van der Waals surface area contributed by atoms with E-state index in [2.05, 4.69) is 0 Å². The van der Waals surface area contributed by atoms with E-state index in [-0.39, 0.29) is 0 Å². The highest BCUT2D eigenvalue weighted by molar-refractivity contribution is 7.99. The van der Waals surface area contributed by atoms with E-state index >= 15 is 0 Å². The van der Waals surface area contributed by atoms with E-state index in [0.717, 1.165) is 5.75 Å². The predicted octanol–water partition coefficient (Wildman–Crippen LogP) is 1.45. The van der Waals surface area contributed by atoms with Gasteiger partial charge in [-0.15, -0.1) is 11.8 Å². The van der Waals surface area contributed by atoms with Gasteiger partial charge in [0.1, 0.15) is 6.23 Å². The highest BCUT2D eigenvalue weighted by Gasteiger charge is 1.96. The third-order valence-corrected chi connectivity index (χ3v) is 2.47. The molecular weight excluding hydrogens is 170 g/mol. The van der Waals surface area contributed by atoms with Gasteiger partial charge in [-0.3, -0.25) is 0 Å². The number of hydrogen-bond donors (Lipinski definition) is 2. The molecular formula is C9H13NOS. The third kappa shape index (κ3) is 3.76. The number of thioether (sulfide) groups is 1. The van der Waals surface area contributed by atoms with Crippen molar-refractivity contribution >= 4 is 11.8 Å². The van der Waals surface area contributed by atoms with Crippen LogP contribution >= 0.6 is 11.8 Å². The molecule has 0 radical (unpaired) electrons. The van der Waals surface area contributed by atoms with Crippen LogP contribution in [-0.2, 0) is 0 Å². The van der Waals surface area contributed by atoms with Crippen LogP contribution in [0.25, 0.3) is 0 Å². The molecule has 1 unspecified atom stereocenters. The Morgan fingerprint density at radius 2 is 2.00 bits per heavy atom. The fraction of sp³-hybridized carbons (Fsp3) is 0.333. The van der Waals surface area contributed by atoms with Gasteiger partial charge in [0.2, 0.25) is 0 Å². The summed E-state index contributed by atoms with van der Waals surface area (Å²) in [6.45, 7) is 0. The molecule has 1 aromatic rings. The average Bonchev–Trinajstić information content (AvgIpc) is 2.05. The molecule has 0 aliphatic rings. The summed E-state index contributed by atoms with van der Waals surface area (Å²) in [6, 6.07) is 10.1. The maximum atomic E-state index is 8.79. The normalized spacial score (nSPS) is 12.8. The molecule has 2 nitrogen and oxygen atoms in total. The molecule has 1 atom stereocenters. The fourth-order valence-corrected chi connectivity index (χ4v) is 1.76. The molecule has 0 saturated carbocycles. The minimum Gasteiger partial charge on any atom is -0.379 e. The summed E-state index contributed by atoms with van der Waals surface area (Å²) in [5.41, 5.74) is 5.20. The zero-order chi connectivity index (χ0) is 8.81. The maximum Gasteiger partial charge on any atom is 0.103 e. The first-order valence-corrected chi connectivity index (χ1v) is 4.89. The van der Waals surface area contributed by atoms with E-state index in [1.807, 2.05) is 30.3 Å². The maximum absolute atomic E-state index is 8.79. The lowest BCUT2D eigenvalue weighted by atomic mass is 10.4. The largest absolute Gasteiger partial charge is 0.379 e. The summed E-state index contributed by atoms with van der Waals surface area (Å²) >= 11 is 1.71. The Balaban J connectivity index is 2.25. The van der Waals surface area contributed by atoms with Crippen LogP contribution in [0.4, 0.5) is 0 Å². The van der Waals surface area contributed by atoms with E-state index in [4.69, 9.17) is 10.8 Å². The van der Waals surface area contributed by atoms with Crippen molar-refractivity contribution in [2.75, 3.05) is 5.75 Å². The van der Waals surface area contributed by atoms with Crippen molar-refractivity contribution in [2.45, 2.75) is 17.5 Å². The number of nitrogens with two attached hydrogens (primary N) is 1. The van der Waals surface area contributed by atoms with Crippen LogP contribution in [0.5, 0.6) is 0 Å². The summed E-state index contributed by atoms with van der Waals surface area (Å²) in [4.78, 5) is 1.22. The topological polar surface area (TPSA) is 46.2 Å². The molecule has 0 amide bonds. The summed E-state index contributed by atoms with van der Waals surface area (Å²) in [7, 11) is 0. The molecule has 66 valence electrons. The molecule has 12 heavy (non-hydrogen) atoms. The van der Waals surface area contributed by atoms with Gasteiger partial charge in [-0.1, -0.05) is 18.2 Å². The quantitative estimate of drug-likeness (QED) is 0.548. The average molecular weight is 183 g/mol. The molecule has 0 heterocycles. The minimum absolute atomic E-state index is 0.638. The van der Waals surface area contributed by atoms with Gasteiger partial charge in [-0.05, 0) is 18.6 Å². The molecule has 0 aliphatic carbocycles. The highest BCUT2D eigenvalue weighted by Crippen LogP contribution is 2.17. The Morgan fingerprint density at radius 3 is 2.58 bits per heavy atom. The molecule has 3 heteroatoms. The third-order valence-electron chi connectivity index (χ3n) is 1.43. The second-order valence-corrected chi connectivity index (χ2v) is 3.69. The number of hydrogen-bond acceptors (Lipinski definition) is 3. The van der Waals surface area contributed by atoms with Crippen LogP contribution in [0.3, 0.4) is 0 Å². The van der Waals surface area contributed by atoms with Crippen molar-refractivity contribution in [1.29, 1.82) is 0 Å². The molecule has 1 rings (SSSR count). The number of aliphatic hydroxyl groups is 1. The van der Waals surface area contributed by atoms with Crippen molar-refractivity contribution in [1.82, 2.24) is 0 Å². The molecule has 0 fully saturated rings. The zero-order valence-corrected chi connectivity index (χ0v) is 7.63. The standard InChI is InChI=1S/C9H13NOS/c10-9(11)6-7-12-8-4-2-1-3-5-8/h1-5,9,11H,6-7,10H2. The van der Waals surface area contributed by atoms with Gasteiger partial charge in [-0.2, -0.15) is 0 Å². The molecule has 0 saturated heterocycles.